The number of nitrogens with two attached hydrogens (primary N) is 2. The summed E-state index contributed by atoms with van der Waals surface area (Å²) in [6.07, 6.45) is 2.43. The van der Waals surface area contributed by atoms with Gasteiger partial charge in [-0.05, 0) is 20.3 Å². The van der Waals surface area contributed by atoms with Gasteiger partial charge >= 0.3 is 11.9 Å². The van der Waals surface area contributed by atoms with Crippen LogP contribution in [0.3, 0.4) is 0 Å². The van der Waals surface area contributed by atoms with Gasteiger partial charge < -0.3 is 20.9 Å². The molecule has 0 saturated heterocycles. The van der Waals surface area contributed by atoms with Gasteiger partial charge in [-0.2, -0.15) is 0 Å². The van der Waals surface area contributed by atoms with E-state index in [1.807, 2.05) is 6.92 Å². The second-order valence-electron chi connectivity index (χ2n) is 3.87. The van der Waals surface area contributed by atoms with Crippen molar-refractivity contribution in [3.05, 3.63) is 23.5 Å². The van der Waals surface area contributed by atoms with Gasteiger partial charge in [-0.1, -0.05) is 6.92 Å². The minimum absolute atomic E-state index is 0.319. The summed E-state index contributed by atoms with van der Waals surface area (Å²) in [5, 5.41) is 0. The third-order valence-corrected chi connectivity index (χ3v) is 1.71. The number of allylic oxidation sites excluding steroid dienone is 2. The fraction of sp³-hybridized carbons (Fsp3) is 0.500. The van der Waals surface area contributed by atoms with Crippen molar-refractivity contribution in [1.82, 2.24) is 0 Å². The molecule has 4 N–H and O–H groups in total. The van der Waals surface area contributed by atoms with E-state index in [9.17, 15) is 9.59 Å². The molecule has 0 aromatic carbocycles. The van der Waals surface area contributed by atoms with Gasteiger partial charge in [0.05, 0.1) is 0 Å². The second-order valence-corrected chi connectivity index (χ2v) is 3.87. The van der Waals surface area contributed by atoms with Crippen LogP contribution < -0.4 is 11.5 Å². The van der Waals surface area contributed by atoms with E-state index in [1.54, 1.807) is 13.8 Å². The Morgan fingerprint density at radius 2 is 1.44 bits per heavy atom. The van der Waals surface area contributed by atoms with Crippen LogP contribution in [-0.4, -0.2) is 18.2 Å². The molecule has 102 valence electrons. The monoisotopic (exact) mass is 256 g/mol. The molecule has 0 aromatic heterocycles. The van der Waals surface area contributed by atoms with Gasteiger partial charge in [-0.3, -0.25) is 0 Å². The lowest BCUT2D eigenvalue weighted by Crippen LogP contribution is -2.23. The molecule has 0 atom stereocenters. The molecule has 0 spiro atoms. The largest absolute Gasteiger partial charge is 0.422 e. The summed E-state index contributed by atoms with van der Waals surface area (Å²) in [6, 6.07) is 0. The molecule has 0 fully saturated rings. The second kappa shape index (κ2) is 8.16. The molecular weight excluding hydrogens is 236 g/mol. The molecule has 0 aliphatic rings. The third-order valence-electron chi connectivity index (χ3n) is 1.71. The highest BCUT2D eigenvalue weighted by atomic mass is 16.7. The molecule has 0 amide bonds. The lowest BCUT2D eigenvalue weighted by Gasteiger charge is -2.16. The number of rotatable bonds is 6. The Labute approximate surface area is 107 Å². The molecule has 6 heteroatoms. The number of esters is 2. The minimum Gasteiger partial charge on any atom is -0.422 e. The van der Waals surface area contributed by atoms with Crippen molar-refractivity contribution in [2.75, 3.05) is 0 Å². The standard InChI is InChI=1S/C12H20N2O4/c1-4-5-12(17-10(15)6-8(2)13)18-11(16)7-9(3)14/h6-7,12H,4-5,13-14H2,1-3H3. The Bertz CT molecular complexity index is 321. The Kier molecular flexibility index (Phi) is 7.26. The third kappa shape index (κ3) is 8.20. The Morgan fingerprint density at radius 3 is 1.72 bits per heavy atom. The first kappa shape index (κ1) is 16.0. The van der Waals surface area contributed by atoms with Gasteiger partial charge in [0.2, 0.25) is 6.29 Å². The molecule has 0 radical (unpaired) electrons. The molecule has 0 saturated carbocycles. The summed E-state index contributed by atoms with van der Waals surface area (Å²) in [5.74, 6) is -1.29. The van der Waals surface area contributed by atoms with Gasteiger partial charge in [-0.15, -0.1) is 0 Å². The Hall–Kier alpha value is -1.98. The van der Waals surface area contributed by atoms with E-state index in [2.05, 4.69) is 0 Å². The lowest BCUT2D eigenvalue weighted by molar-refractivity contribution is -0.181. The van der Waals surface area contributed by atoms with E-state index >= 15 is 0 Å². The van der Waals surface area contributed by atoms with Crippen LogP contribution in [0.15, 0.2) is 23.5 Å². The van der Waals surface area contributed by atoms with Gasteiger partial charge in [-0.25, -0.2) is 9.59 Å². The first-order valence-electron chi connectivity index (χ1n) is 5.64. The first-order chi connectivity index (χ1) is 8.35. The van der Waals surface area contributed by atoms with Crippen molar-refractivity contribution in [1.29, 1.82) is 0 Å². The molecule has 0 aliphatic heterocycles. The summed E-state index contributed by atoms with van der Waals surface area (Å²) in [7, 11) is 0. The number of hydrogen-bond acceptors (Lipinski definition) is 6. The maximum Gasteiger partial charge on any atom is 0.335 e. The fourth-order valence-electron chi connectivity index (χ4n) is 1.08. The number of hydrogen-bond donors (Lipinski definition) is 2. The van der Waals surface area contributed by atoms with Crippen LogP contribution in [0.25, 0.3) is 0 Å². The number of carbonyl (C=O) groups excluding carboxylic acids is 2. The molecular formula is C12H20N2O4. The summed E-state index contributed by atoms with van der Waals surface area (Å²) in [5.41, 5.74) is 11.3. The summed E-state index contributed by atoms with van der Waals surface area (Å²) in [4.78, 5) is 22.7. The van der Waals surface area contributed by atoms with Crippen molar-refractivity contribution in [2.45, 2.75) is 39.9 Å². The predicted molar refractivity (Wildman–Crippen MR) is 66.8 cm³/mol. The molecule has 0 bridgehead atoms. The van der Waals surface area contributed by atoms with E-state index in [0.29, 0.717) is 24.2 Å². The average Bonchev–Trinajstić information content (AvgIpc) is 2.14. The maximum atomic E-state index is 11.3. The topological polar surface area (TPSA) is 105 Å². The van der Waals surface area contributed by atoms with Crippen LogP contribution in [-0.2, 0) is 19.1 Å². The van der Waals surface area contributed by atoms with Crippen LogP contribution in [0.5, 0.6) is 0 Å². The van der Waals surface area contributed by atoms with E-state index < -0.39 is 18.2 Å². The highest BCUT2D eigenvalue weighted by Gasteiger charge is 2.16. The summed E-state index contributed by atoms with van der Waals surface area (Å²) >= 11 is 0. The molecule has 0 aromatic rings. The van der Waals surface area contributed by atoms with Crippen LogP contribution in [0, 0.1) is 0 Å². The number of carbonyl (C=O) groups is 2. The molecule has 18 heavy (non-hydrogen) atoms. The highest BCUT2D eigenvalue weighted by Crippen LogP contribution is 2.06. The van der Waals surface area contributed by atoms with Crippen molar-refractivity contribution in [2.24, 2.45) is 11.5 Å². The molecule has 0 aliphatic carbocycles. The highest BCUT2D eigenvalue weighted by molar-refractivity contribution is 5.84. The van der Waals surface area contributed by atoms with E-state index in [-0.39, 0.29) is 0 Å². The first-order valence-corrected chi connectivity index (χ1v) is 5.64. The Morgan fingerprint density at radius 1 is 1.06 bits per heavy atom. The van der Waals surface area contributed by atoms with Crippen LogP contribution in [0.1, 0.15) is 33.6 Å². The smallest absolute Gasteiger partial charge is 0.335 e. The molecule has 0 heterocycles. The van der Waals surface area contributed by atoms with Crippen LogP contribution >= 0.6 is 0 Å². The Balaban J connectivity index is 4.48. The SMILES string of the molecule is CCCC(OC(=O)C=C(C)N)OC(=O)C=C(C)N. The van der Waals surface area contributed by atoms with Crippen LogP contribution in [0.4, 0.5) is 0 Å². The normalized spacial score (nSPS) is 13.9. The van der Waals surface area contributed by atoms with E-state index in [4.69, 9.17) is 20.9 Å². The van der Waals surface area contributed by atoms with Gasteiger partial charge in [0.25, 0.3) is 0 Å². The van der Waals surface area contributed by atoms with Crippen molar-refractivity contribution in [3.8, 4) is 0 Å². The van der Waals surface area contributed by atoms with Crippen molar-refractivity contribution < 1.29 is 19.1 Å². The predicted octanol–water partition coefficient (Wildman–Crippen LogP) is 0.924. The summed E-state index contributed by atoms with van der Waals surface area (Å²) in [6.45, 7) is 4.99. The van der Waals surface area contributed by atoms with Gasteiger partial charge in [0.15, 0.2) is 0 Å². The zero-order valence-corrected chi connectivity index (χ0v) is 10.9. The fourth-order valence-corrected chi connectivity index (χ4v) is 1.08. The zero-order chi connectivity index (χ0) is 14.1. The summed E-state index contributed by atoms with van der Waals surface area (Å²) < 4.78 is 9.89. The molecule has 0 unspecified atom stereocenters. The van der Waals surface area contributed by atoms with Crippen molar-refractivity contribution >= 4 is 11.9 Å². The number of ether oxygens (including phenoxy) is 2. The van der Waals surface area contributed by atoms with E-state index in [0.717, 1.165) is 12.2 Å². The quantitative estimate of drug-likeness (QED) is 0.416. The average molecular weight is 256 g/mol. The van der Waals surface area contributed by atoms with Gasteiger partial charge in [0, 0.05) is 30.0 Å². The minimum atomic E-state index is -0.929. The van der Waals surface area contributed by atoms with Crippen molar-refractivity contribution in [3.63, 3.8) is 0 Å². The lowest BCUT2D eigenvalue weighted by atomic mass is 10.3. The molecule has 6 nitrogen and oxygen atoms in total. The van der Waals surface area contributed by atoms with Crippen LogP contribution in [0.2, 0.25) is 0 Å². The molecule has 0 rings (SSSR count). The zero-order valence-electron chi connectivity index (χ0n) is 10.9. The van der Waals surface area contributed by atoms with E-state index in [1.165, 1.54) is 0 Å². The maximum absolute atomic E-state index is 11.3. The van der Waals surface area contributed by atoms with Gasteiger partial charge in [0.1, 0.15) is 0 Å².